The molecule has 1 heteroatoms. The van der Waals surface area contributed by atoms with Gasteiger partial charge in [-0.05, 0) is 38.7 Å². The summed E-state index contributed by atoms with van der Waals surface area (Å²) in [7, 11) is 0. The maximum atomic E-state index is 10.1. The number of hydrogen-bond acceptors (Lipinski definition) is 1. The van der Waals surface area contributed by atoms with Gasteiger partial charge < -0.3 is 5.11 Å². The molecule has 0 amide bonds. The lowest BCUT2D eigenvalue weighted by atomic mass is 9.98. The summed E-state index contributed by atoms with van der Waals surface area (Å²) in [6.45, 7) is 0. The normalized spacial score (nSPS) is 18.1. The van der Waals surface area contributed by atoms with Crippen molar-refractivity contribution in [1.29, 1.82) is 0 Å². The highest BCUT2D eigenvalue weighted by molar-refractivity contribution is 6.05. The fraction of sp³-hybridized carbons (Fsp3) is 0.125. The van der Waals surface area contributed by atoms with Gasteiger partial charge in [0.15, 0.2) is 0 Å². The Balaban J connectivity index is 2.29. The van der Waals surface area contributed by atoms with Crippen molar-refractivity contribution in [3.05, 3.63) is 59.7 Å². The largest absolute Gasteiger partial charge is 0.388 e. The van der Waals surface area contributed by atoms with Gasteiger partial charge in [-0.2, -0.15) is 0 Å². The number of aliphatic hydroxyl groups excluding tert-OH is 1. The molecule has 1 nitrogen and oxygen atoms in total. The summed E-state index contributed by atoms with van der Waals surface area (Å²) in [5, 5.41) is 15.2. The number of rotatable bonds is 0. The first-order valence-corrected chi connectivity index (χ1v) is 5.96. The summed E-state index contributed by atoms with van der Waals surface area (Å²) in [5.41, 5.74) is 2.39. The molecule has 3 aromatic rings. The highest BCUT2D eigenvalue weighted by Crippen LogP contribution is 2.40. The highest BCUT2D eigenvalue weighted by Gasteiger charge is 2.23. The van der Waals surface area contributed by atoms with E-state index in [1.165, 1.54) is 27.1 Å². The van der Waals surface area contributed by atoms with E-state index in [4.69, 9.17) is 0 Å². The Morgan fingerprint density at radius 3 is 2.71 bits per heavy atom. The average Bonchev–Trinajstić information content (AvgIpc) is 2.70. The first kappa shape index (κ1) is 9.20. The molecule has 0 saturated heterocycles. The lowest BCUT2D eigenvalue weighted by Gasteiger charge is -2.06. The molecule has 82 valence electrons. The molecule has 4 rings (SSSR count). The van der Waals surface area contributed by atoms with Crippen molar-refractivity contribution in [1.82, 2.24) is 0 Å². The predicted molar refractivity (Wildman–Crippen MR) is 70.1 cm³/mol. The van der Waals surface area contributed by atoms with Crippen molar-refractivity contribution < 1.29 is 5.11 Å². The molecule has 1 N–H and O–H groups in total. The van der Waals surface area contributed by atoms with Gasteiger partial charge in [-0.25, -0.2) is 0 Å². The van der Waals surface area contributed by atoms with Crippen LogP contribution >= 0.6 is 0 Å². The van der Waals surface area contributed by atoms with Crippen LogP contribution in [0.5, 0.6) is 0 Å². The van der Waals surface area contributed by atoms with E-state index in [1.54, 1.807) is 0 Å². The standard InChI is InChI=1S/C16H12O/c17-15-9-14-12-6-2-1-4-10(12)8-11-5-3-7-13(15)16(11)14/h1-8,15,17H,9H2. The van der Waals surface area contributed by atoms with Gasteiger partial charge in [0.1, 0.15) is 0 Å². The monoisotopic (exact) mass is 220 g/mol. The number of hydrogen-bond donors (Lipinski definition) is 1. The van der Waals surface area contributed by atoms with E-state index in [9.17, 15) is 5.11 Å². The molecule has 0 fully saturated rings. The maximum Gasteiger partial charge on any atom is 0.0836 e. The minimum absolute atomic E-state index is 0.334. The van der Waals surface area contributed by atoms with E-state index in [0.717, 1.165) is 12.0 Å². The van der Waals surface area contributed by atoms with Gasteiger partial charge in [0.2, 0.25) is 0 Å². The van der Waals surface area contributed by atoms with E-state index in [2.05, 4.69) is 36.4 Å². The molecule has 0 bridgehead atoms. The fourth-order valence-corrected chi connectivity index (χ4v) is 3.05. The van der Waals surface area contributed by atoms with Gasteiger partial charge in [-0.1, -0.05) is 42.5 Å². The number of fused-ring (bicyclic) bond motifs is 2. The molecule has 1 aliphatic carbocycles. The first-order valence-electron chi connectivity index (χ1n) is 5.96. The molecule has 0 radical (unpaired) electrons. The molecule has 0 spiro atoms. The molecule has 1 atom stereocenters. The lowest BCUT2D eigenvalue weighted by molar-refractivity contribution is 0.186. The van der Waals surface area contributed by atoms with Crippen LogP contribution in [-0.2, 0) is 6.42 Å². The number of benzene rings is 3. The van der Waals surface area contributed by atoms with Crippen LogP contribution in [0.4, 0.5) is 0 Å². The van der Waals surface area contributed by atoms with E-state index < -0.39 is 0 Å². The third kappa shape index (κ3) is 1.12. The molecule has 0 heterocycles. The second kappa shape index (κ2) is 3.08. The molecule has 1 aliphatic rings. The molecule has 1 unspecified atom stereocenters. The minimum Gasteiger partial charge on any atom is -0.388 e. The average molecular weight is 220 g/mol. The Labute approximate surface area is 99.3 Å². The molecular weight excluding hydrogens is 208 g/mol. The Morgan fingerprint density at radius 2 is 1.76 bits per heavy atom. The first-order chi connectivity index (χ1) is 8.34. The maximum absolute atomic E-state index is 10.1. The summed E-state index contributed by atoms with van der Waals surface area (Å²) >= 11 is 0. The number of aliphatic hydroxyl groups is 1. The van der Waals surface area contributed by atoms with E-state index in [0.29, 0.717) is 0 Å². The van der Waals surface area contributed by atoms with Crippen LogP contribution in [0, 0.1) is 0 Å². The van der Waals surface area contributed by atoms with Crippen molar-refractivity contribution in [3.63, 3.8) is 0 Å². The van der Waals surface area contributed by atoms with E-state index in [1.807, 2.05) is 12.1 Å². The van der Waals surface area contributed by atoms with Gasteiger partial charge in [-0.15, -0.1) is 0 Å². The Bertz CT molecular complexity index is 743. The van der Waals surface area contributed by atoms with Crippen molar-refractivity contribution in [2.24, 2.45) is 0 Å². The summed E-state index contributed by atoms with van der Waals surface area (Å²) in [5.74, 6) is 0. The van der Waals surface area contributed by atoms with Crippen LogP contribution in [0.15, 0.2) is 48.5 Å². The summed E-state index contributed by atoms with van der Waals surface area (Å²) in [6, 6.07) is 16.8. The SMILES string of the molecule is OC1Cc2c3ccccc3cc3cccc1c23. The van der Waals surface area contributed by atoms with Gasteiger partial charge in [-0.3, -0.25) is 0 Å². The zero-order chi connectivity index (χ0) is 11.4. The van der Waals surface area contributed by atoms with Crippen LogP contribution < -0.4 is 0 Å². The second-order valence-corrected chi connectivity index (χ2v) is 4.74. The van der Waals surface area contributed by atoms with Gasteiger partial charge in [0, 0.05) is 6.42 Å². The third-order valence-corrected chi connectivity index (χ3v) is 3.78. The fourth-order valence-electron chi connectivity index (χ4n) is 3.05. The van der Waals surface area contributed by atoms with Crippen LogP contribution in [-0.4, -0.2) is 5.11 Å². The van der Waals surface area contributed by atoms with Gasteiger partial charge in [0.05, 0.1) is 6.10 Å². The molecule has 0 saturated carbocycles. The van der Waals surface area contributed by atoms with Crippen molar-refractivity contribution >= 4 is 21.5 Å². The van der Waals surface area contributed by atoms with E-state index >= 15 is 0 Å². The molecular formula is C16H12O. The van der Waals surface area contributed by atoms with Crippen molar-refractivity contribution in [2.75, 3.05) is 0 Å². The van der Waals surface area contributed by atoms with Crippen LogP contribution in [0.2, 0.25) is 0 Å². The third-order valence-electron chi connectivity index (χ3n) is 3.78. The zero-order valence-electron chi connectivity index (χ0n) is 9.35. The smallest absolute Gasteiger partial charge is 0.0836 e. The van der Waals surface area contributed by atoms with Crippen molar-refractivity contribution in [2.45, 2.75) is 12.5 Å². The van der Waals surface area contributed by atoms with Crippen LogP contribution in [0.1, 0.15) is 17.2 Å². The summed E-state index contributed by atoms with van der Waals surface area (Å²) in [4.78, 5) is 0. The lowest BCUT2D eigenvalue weighted by Crippen LogP contribution is -1.92. The second-order valence-electron chi connectivity index (χ2n) is 4.74. The van der Waals surface area contributed by atoms with Crippen LogP contribution in [0.25, 0.3) is 21.5 Å². The van der Waals surface area contributed by atoms with E-state index in [-0.39, 0.29) is 6.10 Å². The molecule has 0 aromatic heterocycles. The molecule has 0 aliphatic heterocycles. The Hall–Kier alpha value is -1.86. The zero-order valence-corrected chi connectivity index (χ0v) is 9.35. The highest BCUT2D eigenvalue weighted by atomic mass is 16.3. The quantitative estimate of drug-likeness (QED) is 0.574. The topological polar surface area (TPSA) is 20.2 Å². The minimum atomic E-state index is -0.334. The van der Waals surface area contributed by atoms with Gasteiger partial charge in [0.25, 0.3) is 0 Å². The summed E-state index contributed by atoms with van der Waals surface area (Å²) in [6.07, 6.45) is 0.413. The van der Waals surface area contributed by atoms with Crippen molar-refractivity contribution in [3.8, 4) is 0 Å². The molecule has 3 aromatic carbocycles. The summed E-state index contributed by atoms with van der Waals surface area (Å²) < 4.78 is 0. The van der Waals surface area contributed by atoms with Crippen LogP contribution in [0.3, 0.4) is 0 Å². The molecule has 17 heavy (non-hydrogen) atoms. The Kier molecular flexibility index (Phi) is 1.67. The predicted octanol–water partition coefficient (Wildman–Crippen LogP) is 3.58. The van der Waals surface area contributed by atoms with Gasteiger partial charge >= 0.3 is 0 Å². The Morgan fingerprint density at radius 1 is 0.941 bits per heavy atom.